The van der Waals surface area contributed by atoms with Crippen LogP contribution in [-0.4, -0.2) is 40.6 Å². The first kappa shape index (κ1) is 18.1. The fraction of sp³-hybridized carbons (Fsp3) is 0.421. The van der Waals surface area contributed by atoms with Gasteiger partial charge in [0.05, 0.1) is 18.4 Å². The zero-order chi connectivity index (χ0) is 18.8. The van der Waals surface area contributed by atoms with Gasteiger partial charge in [0.25, 0.3) is 5.56 Å². The lowest BCUT2D eigenvalue weighted by atomic mass is 10.0. The number of nitrogens with one attached hydrogen (secondary N) is 1. The smallest absolute Gasteiger partial charge is 0.269 e. The lowest BCUT2D eigenvalue weighted by Gasteiger charge is -2.36. The average Bonchev–Trinajstić information content (AvgIpc) is 2.58. The Hall–Kier alpha value is -2.70. The molecule has 1 aromatic heterocycles. The van der Waals surface area contributed by atoms with Crippen LogP contribution in [-0.2, 0) is 11.3 Å². The van der Waals surface area contributed by atoms with Crippen LogP contribution in [0.15, 0.2) is 29.2 Å². The van der Waals surface area contributed by atoms with Gasteiger partial charge in [0.1, 0.15) is 5.82 Å². The quantitative estimate of drug-likeness (QED) is 0.910. The molecule has 1 saturated heterocycles. The number of amides is 1. The van der Waals surface area contributed by atoms with Gasteiger partial charge in [0.2, 0.25) is 5.91 Å². The minimum atomic E-state index is -0.273. The minimum absolute atomic E-state index is 0.0186. The largest absolute Gasteiger partial charge is 0.359 e. The molecule has 0 saturated carbocycles. The fourth-order valence-electron chi connectivity index (χ4n) is 3.33. The molecule has 138 valence electrons. The van der Waals surface area contributed by atoms with E-state index in [1.807, 2.05) is 25.7 Å². The van der Waals surface area contributed by atoms with E-state index >= 15 is 0 Å². The first-order valence-corrected chi connectivity index (χ1v) is 8.72. The number of benzene rings is 1. The second-order valence-corrected chi connectivity index (χ2v) is 6.96. The summed E-state index contributed by atoms with van der Waals surface area (Å²) in [6, 6.07) is 4.62. The van der Waals surface area contributed by atoms with E-state index in [0.717, 1.165) is 16.8 Å². The van der Waals surface area contributed by atoms with Crippen molar-refractivity contribution in [1.82, 2.24) is 15.1 Å². The van der Waals surface area contributed by atoms with E-state index in [1.165, 1.54) is 12.1 Å². The van der Waals surface area contributed by atoms with Crippen LogP contribution in [0.4, 0.5) is 10.1 Å². The number of rotatable bonds is 4. The molecule has 26 heavy (non-hydrogen) atoms. The number of anilines is 1. The molecule has 1 aliphatic rings. The van der Waals surface area contributed by atoms with Gasteiger partial charge in [-0.1, -0.05) is 19.9 Å². The summed E-state index contributed by atoms with van der Waals surface area (Å²) in [7, 11) is 0. The van der Waals surface area contributed by atoms with Crippen molar-refractivity contribution < 1.29 is 9.18 Å². The Bertz CT molecular complexity index is 878. The molecule has 0 atom stereocenters. The molecular formula is C19H23FN4O2. The molecule has 1 aliphatic heterocycles. The zero-order valence-electron chi connectivity index (χ0n) is 15.3. The molecule has 1 N–H and O–H groups in total. The maximum atomic E-state index is 13.3. The number of carbonyl (C=O) groups excluding carboxylic acids is 1. The molecule has 0 spiro atoms. The first-order chi connectivity index (χ1) is 12.4. The molecule has 1 fully saturated rings. The van der Waals surface area contributed by atoms with Gasteiger partial charge in [-0.25, -0.2) is 9.49 Å². The highest BCUT2D eigenvalue weighted by Gasteiger charge is 2.27. The molecule has 7 heteroatoms. The number of H-pyrrole nitrogens is 1. The third-order valence-electron chi connectivity index (χ3n) is 4.78. The highest BCUT2D eigenvalue weighted by Crippen LogP contribution is 2.25. The lowest BCUT2D eigenvalue weighted by Crippen LogP contribution is -2.50. The van der Waals surface area contributed by atoms with E-state index in [-0.39, 0.29) is 29.7 Å². The number of piperazine rings is 1. The molecule has 2 heterocycles. The van der Waals surface area contributed by atoms with Gasteiger partial charge in [0, 0.05) is 25.2 Å². The van der Waals surface area contributed by atoms with Crippen LogP contribution >= 0.6 is 0 Å². The molecule has 0 radical (unpaired) electrons. The van der Waals surface area contributed by atoms with Gasteiger partial charge >= 0.3 is 0 Å². The van der Waals surface area contributed by atoms with Crippen molar-refractivity contribution in [3.63, 3.8) is 0 Å². The average molecular weight is 358 g/mol. The van der Waals surface area contributed by atoms with Gasteiger partial charge in [0.15, 0.2) is 0 Å². The summed E-state index contributed by atoms with van der Waals surface area (Å²) in [4.78, 5) is 28.4. The Labute approximate surface area is 151 Å². The number of halogens is 1. The maximum Gasteiger partial charge on any atom is 0.269 e. The fourth-order valence-corrected chi connectivity index (χ4v) is 3.33. The summed E-state index contributed by atoms with van der Waals surface area (Å²) >= 11 is 0. The third kappa shape index (κ3) is 3.61. The third-order valence-corrected chi connectivity index (χ3v) is 4.78. The Balaban J connectivity index is 1.76. The molecule has 1 amide bonds. The molecule has 3 rings (SSSR count). The lowest BCUT2D eigenvalue weighted by molar-refractivity contribution is -0.131. The normalized spacial score (nSPS) is 15.0. The Morgan fingerprint density at radius 3 is 2.69 bits per heavy atom. The molecule has 6 nitrogen and oxygen atoms in total. The zero-order valence-corrected chi connectivity index (χ0v) is 15.3. The number of hydrogen-bond acceptors (Lipinski definition) is 4. The summed E-state index contributed by atoms with van der Waals surface area (Å²) in [5.41, 5.74) is 2.93. The van der Waals surface area contributed by atoms with Crippen LogP contribution < -0.4 is 10.5 Å². The maximum absolute atomic E-state index is 13.3. The summed E-state index contributed by atoms with van der Waals surface area (Å²) in [6.07, 6.45) is 1.61. The van der Waals surface area contributed by atoms with Gasteiger partial charge in [-0.3, -0.25) is 9.59 Å². The number of nitrogens with zero attached hydrogens (tertiary/aromatic N) is 3. The SMILES string of the molecule is Cc1cc(F)ccc1CN1CCN(c2cn[nH]c(=O)c2C(C)C)CC1=O. The predicted molar refractivity (Wildman–Crippen MR) is 97.7 cm³/mol. The van der Waals surface area contributed by atoms with Gasteiger partial charge in [-0.15, -0.1) is 0 Å². The molecule has 1 aromatic carbocycles. The Morgan fingerprint density at radius 1 is 1.27 bits per heavy atom. The Kier molecular flexibility index (Phi) is 5.06. The van der Waals surface area contributed by atoms with Crippen LogP contribution in [0.3, 0.4) is 0 Å². The van der Waals surface area contributed by atoms with E-state index < -0.39 is 0 Å². The standard InChI is InChI=1S/C19H23FN4O2/c1-12(2)18-16(9-21-22-19(18)26)23-6-7-24(17(25)11-23)10-14-4-5-15(20)8-13(14)3/h4-5,8-9,12H,6-7,10-11H2,1-3H3,(H,22,26). The first-order valence-electron chi connectivity index (χ1n) is 8.72. The highest BCUT2D eigenvalue weighted by molar-refractivity contribution is 5.83. The van der Waals surface area contributed by atoms with E-state index in [4.69, 9.17) is 0 Å². The van der Waals surface area contributed by atoms with Crippen molar-refractivity contribution in [2.24, 2.45) is 0 Å². The summed E-state index contributed by atoms with van der Waals surface area (Å²) in [5, 5.41) is 6.36. The molecule has 0 bridgehead atoms. The molecule has 0 unspecified atom stereocenters. The Morgan fingerprint density at radius 2 is 2.04 bits per heavy atom. The van der Waals surface area contributed by atoms with Gasteiger partial charge < -0.3 is 9.80 Å². The number of aromatic amines is 1. The molecular weight excluding hydrogens is 335 g/mol. The highest BCUT2D eigenvalue weighted by atomic mass is 19.1. The topological polar surface area (TPSA) is 69.3 Å². The minimum Gasteiger partial charge on any atom is -0.359 e. The predicted octanol–water partition coefficient (Wildman–Crippen LogP) is 2.19. The van der Waals surface area contributed by atoms with Crippen molar-refractivity contribution >= 4 is 11.6 Å². The van der Waals surface area contributed by atoms with E-state index in [2.05, 4.69) is 10.2 Å². The van der Waals surface area contributed by atoms with E-state index in [0.29, 0.717) is 25.2 Å². The van der Waals surface area contributed by atoms with Gasteiger partial charge in [-0.2, -0.15) is 5.10 Å². The number of hydrogen-bond donors (Lipinski definition) is 1. The number of aryl methyl sites for hydroxylation is 1. The number of carbonyl (C=O) groups is 1. The van der Waals surface area contributed by atoms with E-state index in [1.54, 1.807) is 17.2 Å². The molecule has 2 aromatic rings. The van der Waals surface area contributed by atoms with Crippen LogP contribution in [0, 0.1) is 12.7 Å². The molecule has 0 aliphatic carbocycles. The summed E-state index contributed by atoms with van der Waals surface area (Å²) in [5.74, 6) is -0.257. The van der Waals surface area contributed by atoms with Crippen molar-refractivity contribution in [2.45, 2.75) is 33.2 Å². The number of aromatic nitrogens is 2. The van der Waals surface area contributed by atoms with Crippen molar-refractivity contribution in [3.8, 4) is 0 Å². The van der Waals surface area contributed by atoms with Crippen LogP contribution in [0.1, 0.15) is 36.5 Å². The van der Waals surface area contributed by atoms with Crippen molar-refractivity contribution in [1.29, 1.82) is 0 Å². The van der Waals surface area contributed by atoms with Crippen molar-refractivity contribution in [2.75, 3.05) is 24.5 Å². The monoisotopic (exact) mass is 358 g/mol. The summed E-state index contributed by atoms with van der Waals surface area (Å²) in [6.45, 7) is 7.56. The van der Waals surface area contributed by atoms with Crippen molar-refractivity contribution in [3.05, 3.63) is 57.3 Å². The second-order valence-electron chi connectivity index (χ2n) is 6.96. The summed E-state index contributed by atoms with van der Waals surface area (Å²) < 4.78 is 13.3. The van der Waals surface area contributed by atoms with Crippen LogP contribution in [0.5, 0.6) is 0 Å². The van der Waals surface area contributed by atoms with E-state index in [9.17, 15) is 14.0 Å². The van der Waals surface area contributed by atoms with Gasteiger partial charge in [-0.05, 0) is 36.1 Å². The van der Waals surface area contributed by atoms with Crippen LogP contribution in [0.25, 0.3) is 0 Å². The van der Waals surface area contributed by atoms with Crippen LogP contribution in [0.2, 0.25) is 0 Å². The second kappa shape index (κ2) is 7.27.